The van der Waals surface area contributed by atoms with E-state index in [1.54, 1.807) is 39.0 Å². The van der Waals surface area contributed by atoms with E-state index in [0.29, 0.717) is 24.1 Å². The first kappa shape index (κ1) is 17.3. The van der Waals surface area contributed by atoms with Crippen LogP contribution in [0.4, 0.5) is 10.5 Å². The molecule has 0 bridgehead atoms. The largest absolute Gasteiger partial charge is 0.479 e. The number of carbonyl (C=O) groups is 2. The molecule has 0 aliphatic heterocycles. The molecule has 126 valence electrons. The van der Waals surface area contributed by atoms with E-state index in [2.05, 4.69) is 5.32 Å². The molecule has 1 unspecified atom stereocenters. The highest BCUT2D eigenvalue weighted by molar-refractivity contribution is 5.86. The Morgan fingerprint density at radius 1 is 1.30 bits per heavy atom. The molecule has 2 rings (SSSR count). The summed E-state index contributed by atoms with van der Waals surface area (Å²) in [5.41, 5.74) is 0.737. The number of aliphatic hydroxyl groups excluding tert-OH is 1. The summed E-state index contributed by atoms with van der Waals surface area (Å²) in [6.45, 7) is 7.17. The highest BCUT2D eigenvalue weighted by atomic mass is 16.6. The van der Waals surface area contributed by atoms with Crippen LogP contribution in [-0.2, 0) is 14.9 Å². The molecule has 1 aromatic rings. The molecule has 1 atom stereocenters. The lowest BCUT2D eigenvalue weighted by molar-refractivity contribution is -0.148. The minimum Gasteiger partial charge on any atom is -0.479 e. The molecule has 0 aromatic heterocycles. The van der Waals surface area contributed by atoms with E-state index in [1.165, 1.54) is 0 Å². The highest BCUT2D eigenvalue weighted by Gasteiger charge is 2.53. The van der Waals surface area contributed by atoms with Gasteiger partial charge in [-0.2, -0.15) is 0 Å². The molecule has 0 spiro atoms. The van der Waals surface area contributed by atoms with Gasteiger partial charge in [-0.15, -0.1) is 0 Å². The van der Waals surface area contributed by atoms with Crippen LogP contribution in [0.1, 0.15) is 44.7 Å². The molecule has 6 heteroatoms. The average molecular weight is 321 g/mol. The second-order valence-electron chi connectivity index (χ2n) is 7.05. The predicted octanol–water partition coefficient (Wildman–Crippen LogP) is 2.82. The molecule has 1 aliphatic carbocycles. The predicted molar refractivity (Wildman–Crippen MR) is 85.6 cm³/mol. The summed E-state index contributed by atoms with van der Waals surface area (Å²) in [6.07, 6.45) is -0.800. The van der Waals surface area contributed by atoms with Gasteiger partial charge >= 0.3 is 12.1 Å². The van der Waals surface area contributed by atoms with E-state index >= 15 is 0 Å². The zero-order valence-corrected chi connectivity index (χ0v) is 13.8. The lowest BCUT2D eigenvalue weighted by Crippen LogP contribution is -2.34. The number of carboxylic acid groups (broad SMARTS) is 1. The number of amides is 1. The molecule has 0 heterocycles. The number of aliphatic carboxylic acids is 1. The fraction of sp³-hybridized carbons (Fsp3) is 0.529. The Hall–Kier alpha value is -2.08. The quantitative estimate of drug-likeness (QED) is 0.792. The van der Waals surface area contributed by atoms with Gasteiger partial charge in [0, 0.05) is 11.1 Å². The second-order valence-corrected chi connectivity index (χ2v) is 7.05. The third-order valence-electron chi connectivity index (χ3n) is 3.99. The van der Waals surface area contributed by atoms with Crippen LogP contribution in [0.5, 0.6) is 0 Å². The molecule has 1 amide bonds. The van der Waals surface area contributed by atoms with Crippen molar-refractivity contribution in [1.29, 1.82) is 0 Å². The van der Waals surface area contributed by atoms with Crippen LogP contribution < -0.4 is 5.32 Å². The lowest BCUT2D eigenvalue weighted by atomic mass is 9.89. The molecule has 1 aliphatic rings. The van der Waals surface area contributed by atoms with Crippen molar-refractivity contribution in [2.24, 2.45) is 0 Å². The molecular formula is C17H23NO5. The topological polar surface area (TPSA) is 95.9 Å². The third kappa shape index (κ3) is 3.82. The molecular weight excluding hydrogens is 298 g/mol. The first-order valence-corrected chi connectivity index (χ1v) is 7.57. The number of hydrogen-bond donors (Lipinski definition) is 3. The van der Waals surface area contributed by atoms with E-state index in [-0.39, 0.29) is 0 Å². The Labute approximate surface area is 135 Å². The zero-order valence-electron chi connectivity index (χ0n) is 13.8. The average Bonchev–Trinajstić information content (AvgIpc) is 3.19. The number of aliphatic hydroxyl groups is 1. The third-order valence-corrected chi connectivity index (χ3v) is 3.99. The molecule has 3 N–H and O–H groups in total. The van der Waals surface area contributed by atoms with Gasteiger partial charge in [0.05, 0.1) is 0 Å². The van der Waals surface area contributed by atoms with Crippen molar-refractivity contribution in [3.05, 3.63) is 29.3 Å². The number of nitrogens with one attached hydrogen (secondary N) is 1. The number of carboxylic acids is 1. The van der Waals surface area contributed by atoms with Crippen LogP contribution in [0.2, 0.25) is 0 Å². The Kier molecular flexibility index (Phi) is 4.39. The van der Waals surface area contributed by atoms with Gasteiger partial charge in [0.2, 0.25) is 0 Å². The summed E-state index contributed by atoms with van der Waals surface area (Å²) in [5.74, 6) is -1.23. The molecule has 23 heavy (non-hydrogen) atoms. The monoisotopic (exact) mass is 321 g/mol. The van der Waals surface area contributed by atoms with Gasteiger partial charge in [-0.05, 0) is 57.7 Å². The fourth-order valence-corrected chi connectivity index (χ4v) is 2.57. The zero-order chi connectivity index (χ0) is 17.4. The van der Waals surface area contributed by atoms with E-state index in [9.17, 15) is 14.7 Å². The maximum atomic E-state index is 11.9. The number of rotatable bonds is 4. The first-order chi connectivity index (χ1) is 10.5. The smallest absolute Gasteiger partial charge is 0.412 e. The minimum absolute atomic E-state index is 0.556. The second kappa shape index (κ2) is 5.85. The normalized spacial score (nSPS) is 17.3. The Bertz CT molecular complexity index is 628. The van der Waals surface area contributed by atoms with E-state index in [0.717, 1.165) is 5.56 Å². The Balaban J connectivity index is 2.23. The summed E-state index contributed by atoms with van der Waals surface area (Å²) in [6, 6.07) is 5.32. The van der Waals surface area contributed by atoms with Crippen LogP contribution in [0, 0.1) is 6.92 Å². The Morgan fingerprint density at radius 3 is 2.39 bits per heavy atom. The molecule has 1 saturated carbocycles. The van der Waals surface area contributed by atoms with Gasteiger partial charge in [-0.25, -0.2) is 9.59 Å². The van der Waals surface area contributed by atoms with E-state index in [4.69, 9.17) is 9.84 Å². The molecule has 0 radical (unpaired) electrons. The van der Waals surface area contributed by atoms with Gasteiger partial charge < -0.3 is 14.9 Å². The highest BCUT2D eigenvalue weighted by Crippen LogP contribution is 2.51. The van der Waals surface area contributed by atoms with Crippen LogP contribution in [0.15, 0.2) is 18.2 Å². The minimum atomic E-state index is -1.44. The summed E-state index contributed by atoms with van der Waals surface area (Å²) in [7, 11) is 0. The molecule has 6 nitrogen and oxygen atoms in total. The van der Waals surface area contributed by atoms with Crippen LogP contribution in [-0.4, -0.2) is 34.0 Å². The standard InChI is InChI=1S/C17H23NO5/c1-10-5-6-11(17(7-8-17)13(19)14(20)21)9-12(10)18-15(22)23-16(2,3)4/h5-6,9,13,19H,7-8H2,1-4H3,(H,18,22)(H,20,21). The molecule has 1 aromatic carbocycles. The van der Waals surface area contributed by atoms with E-state index < -0.39 is 29.2 Å². The SMILES string of the molecule is Cc1ccc(C2(C(O)C(=O)O)CC2)cc1NC(=O)OC(C)(C)C. The van der Waals surface area contributed by atoms with Crippen molar-refractivity contribution in [1.82, 2.24) is 0 Å². The number of hydrogen-bond acceptors (Lipinski definition) is 4. The number of anilines is 1. The maximum Gasteiger partial charge on any atom is 0.412 e. The molecule has 0 saturated heterocycles. The summed E-state index contributed by atoms with van der Waals surface area (Å²) in [5, 5.41) is 21.7. The number of benzene rings is 1. The number of carbonyl (C=O) groups excluding carboxylic acids is 1. The lowest BCUT2D eigenvalue weighted by Gasteiger charge is -2.22. The van der Waals surface area contributed by atoms with Crippen LogP contribution >= 0.6 is 0 Å². The van der Waals surface area contributed by atoms with Gasteiger partial charge in [0.1, 0.15) is 5.60 Å². The van der Waals surface area contributed by atoms with Crippen molar-refractivity contribution >= 4 is 17.7 Å². The van der Waals surface area contributed by atoms with Gasteiger partial charge in [0.15, 0.2) is 6.10 Å². The first-order valence-electron chi connectivity index (χ1n) is 7.57. The van der Waals surface area contributed by atoms with Crippen molar-refractivity contribution in [2.45, 2.75) is 57.7 Å². The summed E-state index contributed by atoms with van der Waals surface area (Å²) < 4.78 is 5.23. The number of aryl methyl sites for hydroxylation is 1. The van der Waals surface area contributed by atoms with Crippen molar-refractivity contribution in [3.8, 4) is 0 Å². The molecule has 1 fully saturated rings. The van der Waals surface area contributed by atoms with Crippen LogP contribution in [0.25, 0.3) is 0 Å². The fourth-order valence-electron chi connectivity index (χ4n) is 2.57. The summed E-state index contributed by atoms with van der Waals surface area (Å²) in [4.78, 5) is 23.0. The maximum absolute atomic E-state index is 11.9. The Morgan fingerprint density at radius 2 is 1.91 bits per heavy atom. The van der Waals surface area contributed by atoms with Gasteiger partial charge in [0.25, 0.3) is 0 Å². The van der Waals surface area contributed by atoms with Gasteiger partial charge in [-0.1, -0.05) is 12.1 Å². The van der Waals surface area contributed by atoms with Crippen molar-refractivity contribution in [3.63, 3.8) is 0 Å². The number of ether oxygens (including phenoxy) is 1. The van der Waals surface area contributed by atoms with Crippen molar-refractivity contribution < 1.29 is 24.5 Å². The van der Waals surface area contributed by atoms with Crippen LogP contribution in [0.3, 0.4) is 0 Å². The van der Waals surface area contributed by atoms with Crippen molar-refractivity contribution in [2.75, 3.05) is 5.32 Å². The van der Waals surface area contributed by atoms with Gasteiger partial charge in [-0.3, -0.25) is 5.32 Å². The summed E-state index contributed by atoms with van der Waals surface area (Å²) >= 11 is 0. The van der Waals surface area contributed by atoms with E-state index in [1.807, 2.05) is 6.92 Å².